The van der Waals surface area contributed by atoms with Crippen LogP contribution in [-0.2, 0) is 24.3 Å². The molecule has 2 aromatic carbocycles. The summed E-state index contributed by atoms with van der Waals surface area (Å²) in [6.07, 6.45) is 3.82. The largest absolute Gasteiger partial charge is 0.496 e. The fraction of sp³-hybridized carbons (Fsp3) is 0.182. The van der Waals surface area contributed by atoms with E-state index in [0.717, 1.165) is 28.1 Å². The number of carbonyl (C=O) groups excluding carboxylic acids is 1. The van der Waals surface area contributed by atoms with Gasteiger partial charge >= 0.3 is 0 Å². The van der Waals surface area contributed by atoms with Crippen LogP contribution in [0.5, 0.6) is 5.75 Å². The molecule has 1 aromatic heterocycles. The molecule has 27 heavy (non-hydrogen) atoms. The Labute approximate surface area is 159 Å². The smallest absolute Gasteiger partial charge is 0.224 e. The van der Waals surface area contributed by atoms with Gasteiger partial charge in [-0.25, -0.2) is 0 Å². The Balaban J connectivity index is 1.49. The van der Waals surface area contributed by atoms with Gasteiger partial charge in [-0.3, -0.25) is 9.78 Å². The lowest BCUT2D eigenvalue weighted by atomic mass is 10.1. The molecule has 2 N–H and O–H groups in total. The average Bonchev–Trinajstić information content (AvgIpc) is 2.73. The molecule has 0 bridgehead atoms. The molecule has 0 aliphatic carbocycles. The summed E-state index contributed by atoms with van der Waals surface area (Å²) in [5.41, 5.74) is 4.06. The molecule has 5 nitrogen and oxygen atoms in total. The van der Waals surface area contributed by atoms with Gasteiger partial charge in [0.25, 0.3) is 0 Å². The van der Waals surface area contributed by atoms with Gasteiger partial charge in [-0.2, -0.15) is 0 Å². The molecule has 0 fully saturated rings. The lowest BCUT2D eigenvalue weighted by Gasteiger charge is -2.11. The van der Waals surface area contributed by atoms with Gasteiger partial charge in [0, 0.05) is 36.7 Å². The Morgan fingerprint density at radius 3 is 2.52 bits per heavy atom. The highest BCUT2D eigenvalue weighted by atomic mass is 16.5. The Morgan fingerprint density at radius 1 is 0.963 bits per heavy atom. The van der Waals surface area contributed by atoms with Gasteiger partial charge in [0.05, 0.1) is 13.5 Å². The summed E-state index contributed by atoms with van der Waals surface area (Å²) in [5, 5.41) is 6.29. The van der Waals surface area contributed by atoms with Crippen molar-refractivity contribution >= 4 is 11.6 Å². The number of carbonyl (C=O) groups is 1. The van der Waals surface area contributed by atoms with Gasteiger partial charge in [0.15, 0.2) is 0 Å². The number of hydrogen-bond donors (Lipinski definition) is 2. The van der Waals surface area contributed by atoms with Crippen molar-refractivity contribution in [2.75, 3.05) is 12.4 Å². The Kier molecular flexibility index (Phi) is 6.41. The summed E-state index contributed by atoms with van der Waals surface area (Å²) >= 11 is 0. The minimum Gasteiger partial charge on any atom is -0.496 e. The Bertz CT molecular complexity index is 864. The van der Waals surface area contributed by atoms with Crippen LogP contribution in [-0.4, -0.2) is 18.0 Å². The van der Waals surface area contributed by atoms with Crippen LogP contribution in [0.25, 0.3) is 0 Å². The van der Waals surface area contributed by atoms with Crippen LogP contribution in [0.1, 0.15) is 16.7 Å². The summed E-state index contributed by atoms with van der Waals surface area (Å²) in [6, 6.07) is 19.6. The normalized spacial score (nSPS) is 10.3. The van der Waals surface area contributed by atoms with Crippen LogP contribution in [0.15, 0.2) is 73.1 Å². The second kappa shape index (κ2) is 9.38. The average molecular weight is 361 g/mol. The summed E-state index contributed by atoms with van der Waals surface area (Å²) in [4.78, 5) is 16.1. The van der Waals surface area contributed by atoms with Crippen molar-refractivity contribution in [3.63, 3.8) is 0 Å². The first-order valence-corrected chi connectivity index (χ1v) is 8.85. The Hall–Kier alpha value is -3.34. The predicted molar refractivity (Wildman–Crippen MR) is 107 cm³/mol. The standard InChI is InChI=1S/C22H23N3O2/c1-27-21-7-3-2-6-19(21)16-24-20-10-8-17(9-11-20)13-22(26)25-15-18-5-4-12-23-14-18/h2-12,14,24H,13,15-16H2,1H3,(H,25,26). The van der Waals surface area contributed by atoms with E-state index in [1.807, 2.05) is 60.7 Å². The van der Waals surface area contributed by atoms with Crippen molar-refractivity contribution in [2.24, 2.45) is 0 Å². The van der Waals surface area contributed by atoms with Crippen LogP contribution >= 0.6 is 0 Å². The van der Waals surface area contributed by atoms with Gasteiger partial charge in [-0.05, 0) is 35.4 Å². The number of hydrogen-bond acceptors (Lipinski definition) is 4. The second-order valence-corrected chi connectivity index (χ2v) is 6.18. The van der Waals surface area contributed by atoms with Crippen LogP contribution in [0, 0.1) is 0 Å². The fourth-order valence-corrected chi connectivity index (χ4v) is 2.74. The molecular weight excluding hydrogens is 338 g/mol. The number of ether oxygens (including phenoxy) is 1. The van der Waals surface area contributed by atoms with E-state index in [4.69, 9.17) is 4.74 Å². The molecule has 0 saturated carbocycles. The third-order valence-electron chi connectivity index (χ3n) is 4.21. The van der Waals surface area contributed by atoms with Gasteiger partial charge in [-0.15, -0.1) is 0 Å². The molecule has 0 unspecified atom stereocenters. The zero-order valence-electron chi connectivity index (χ0n) is 15.3. The summed E-state index contributed by atoms with van der Waals surface area (Å²) in [6.45, 7) is 1.17. The van der Waals surface area contributed by atoms with Crippen molar-refractivity contribution in [2.45, 2.75) is 19.5 Å². The van der Waals surface area contributed by atoms with E-state index in [1.54, 1.807) is 19.5 Å². The molecule has 0 radical (unpaired) electrons. The summed E-state index contributed by atoms with van der Waals surface area (Å²) < 4.78 is 5.36. The SMILES string of the molecule is COc1ccccc1CNc1ccc(CC(=O)NCc2cccnc2)cc1. The van der Waals surface area contributed by atoms with E-state index in [-0.39, 0.29) is 5.91 Å². The number of amides is 1. The first-order valence-electron chi connectivity index (χ1n) is 8.85. The number of anilines is 1. The van der Waals surface area contributed by atoms with E-state index >= 15 is 0 Å². The molecule has 0 saturated heterocycles. The van der Waals surface area contributed by atoms with Gasteiger partial charge in [0.2, 0.25) is 5.91 Å². The third kappa shape index (κ3) is 5.57. The molecule has 138 valence electrons. The molecule has 3 aromatic rings. The van der Waals surface area contributed by atoms with Crippen molar-refractivity contribution in [3.05, 3.63) is 89.7 Å². The van der Waals surface area contributed by atoms with Crippen molar-refractivity contribution in [3.8, 4) is 5.75 Å². The fourth-order valence-electron chi connectivity index (χ4n) is 2.74. The summed E-state index contributed by atoms with van der Waals surface area (Å²) in [5.74, 6) is 0.862. The van der Waals surface area contributed by atoms with Gasteiger partial charge in [0.1, 0.15) is 5.75 Å². The molecule has 1 heterocycles. The van der Waals surface area contributed by atoms with E-state index in [0.29, 0.717) is 19.5 Å². The van der Waals surface area contributed by atoms with E-state index in [1.165, 1.54) is 0 Å². The van der Waals surface area contributed by atoms with E-state index in [2.05, 4.69) is 15.6 Å². The lowest BCUT2D eigenvalue weighted by Crippen LogP contribution is -2.24. The number of methoxy groups -OCH3 is 1. The molecule has 1 amide bonds. The number of nitrogens with one attached hydrogen (secondary N) is 2. The second-order valence-electron chi connectivity index (χ2n) is 6.18. The van der Waals surface area contributed by atoms with Crippen LogP contribution in [0.4, 0.5) is 5.69 Å². The molecule has 0 aliphatic heterocycles. The topological polar surface area (TPSA) is 63.2 Å². The number of benzene rings is 2. The molecular formula is C22H23N3O2. The first kappa shape index (κ1) is 18.5. The molecule has 3 rings (SSSR count). The maximum Gasteiger partial charge on any atom is 0.224 e. The third-order valence-corrected chi connectivity index (χ3v) is 4.21. The minimum absolute atomic E-state index is 0.00594. The molecule has 0 spiro atoms. The van der Waals surface area contributed by atoms with Crippen LogP contribution in [0.3, 0.4) is 0 Å². The minimum atomic E-state index is -0.00594. The van der Waals surface area contributed by atoms with E-state index < -0.39 is 0 Å². The molecule has 5 heteroatoms. The number of aromatic nitrogens is 1. The van der Waals surface area contributed by atoms with Crippen molar-refractivity contribution in [1.82, 2.24) is 10.3 Å². The zero-order valence-corrected chi connectivity index (χ0v) is 15.3. The highest BCUT2D eigenvalue weighted by molar-refractivity contribution is 5.78. The number of para-hydroxylation sites is 1. The summed E-state index contributed by atoms with van der Waals surface area (Å²) in [7, 11) is 1.67. The number of nitrogens with zero attached hydrogens (tertiary/aromatic N) is 1. The van der Waals surface area contributed by atoms with Gasteiger partial charge in [-0.1, -0.05) is 36.4 Å². The zero-order chi connectivity index (χ0) is 18.9. The van der Waals surface area contributed by atoms with Crippen LogP contribution in [0.2, 0.25) is 0 Å². The molecule has 0 aliphatic rings. The monoisotopic (exact) mass is 361 g/mol. The van der Waals surface area contributed by atoms with Crippen molar-refractivity contribution in [1.29, 1.82) is 0 Å². The van der Waals surface area contributed by atoms with Crippen LogP contribution < -0.4 is 15.4 Å². The highest BCUT2D eigenvalue weighted by Gasteiger charge is 2.05. The van der Waals surface area contributed by atoms with Gasteiger partial charge < -0.3 is 15.4 Å². The molecule has 0 atom stereocenters. The Morgan fingerprint density at radius 2 is 1.78 bits per heavy atom. The van der Waals surface area contributed by atoms with Crippen molar-refractivity contribution < 1.29 is 9.53 Å². The quantitative estimate of drug-likeness (QED) is 0.644. The lowest BCUT2D eigenvalue weighted by molar-refractivity contribution is -0.120. The number of pyridine rings is 1. The first-order chi connectivity index (χ1) is 13.2. The van der Waals surface area contributed by atoms with E-state index in [9.17, 15) is 4.79 Å². The predicted octanol–water partition coefficient (Wildman–Crippen LogP) is 3.56. The maximum atomic E-state index is 12.1. The maximum absolute atomic E-state index is 12.1. The highest BCUT2D eigenvalue weighted by Crippen LogP contribution is 2.19. The number of rotatable bonds is 8.